The third-order valence-electron chi connectivity index (χ3n) is 3.59. The van der Waals surface area contributed by atoms with Crippen molar-refractivity contribution in [1.29, 1.82) is 0 Å². The van der Waals surface area contributed by atoms with Crippen LogP contribution in [0.4, 0.5) is 4.79 Å². The van der Waals surface area contributed by atoms with Crippen LogP contribution in [-0.2, 0) is 11.3 Å². The highest BCUT2D eigenvalue weighted by atomic mass is 79.9. The summed E-state index contributed by atoms with van der Waals surface area (Å²) in [5.41, 5.74) is 0.869. The molecule has 0 atom stereocenters. The minimum atomic E-state index is -0.788. The first-order valence-corrected chi connectivity index (χ1v) is 7.49. The number of carboxylic acids is 1. The van der Waals surface area contributed by atoms with Gasteiger partial charge in [-0.1, -0.05) is 6.07 Å². The molecule has 0 radical (unpaired) electrons. The Morgan fingerprint density at radius 3 is 2.57 bits per heavy atom. The third-order valence-corrected chi connectivity index (χ3v) is 4.22. The second-order valence-corrected chi connectivity index (χ2v) is 5.90. The molecule has 0 aromatic heterocycles. The number of hydrogen-bond acceptors (Lipinski definition) is 3. The SMILES string of the molecule is O=C(O)C1CCN(C(=O)NCc2ccc(O)c(Br)c2)CC1. The molecule has 1 aliphatic rings. The Morgan fingerprint density at radius 1 is 1.33 bits per heavy atom. The van der Waals surface area contributed by atoms with E-state index in [2.05, 4.69) is 21.2 Å². The lowest BCUT2D eigenvalue weighted by atomic mass is 9.97. The Labute approximate surface area is 130 Å². The molecular formula is C14H17BrN2O4. The Balaban J connectivity index is 1.82. The van der Waals surface area contributed by atoms with E-state index >= 15 is 0 Å². The van der Waals surface area contributed by atoms with Crippen LogP contribution in [0.1, 0.15) is 18.4 Å². The highest BCUT2D eigenvalue weighted by Gasteiger charge is 2.26. The first-order valence-electron chi connectivity index (χ1n) is 6.70. The fraction of sp³-hybridized carbons (Fsp3) is 0.429. The number of carboxylic acid groups (broad SMARTS) is 1. The molecule has 0 saturated carbocycles. The van der Waals surface area contributed by atoms with Crippen LogP contribution in [0.15, 0.2) is 22.7 Å². The van der Waals surface area contributed by atoms with Gasteiger partial charge < -0.3 is 20.4 Å². The van der Waals surface area contributed by atoms with Gasteiger partial charge in [-0.25, -0.2) is 4.79 Å². The number of urea groups is 1. The lowest BCUT2D eigenvalue weighted by molar-refractivity contribution is -0.143. The van der Waals surface area contributed by atoms with Crippen molar-refractivity contribution in [2.45, 2.75) is 19.4 Å². The summed E-state index contributed by atoms with van der Waals surface area (Å²) < 4.78 is 0.580. The maximum absolute atomic E-state index is 12.0. The van der Waals surface area contributed by atoms with E-state index in [1.165, 1.54) is 0 Å². The standard InChI is InChI=1S/C14H17BrN2O4/c15-11-7-9(1-2-12(11)18)8-16-14(21)17-5-3-10(4-6-17)13(19)20/h1-2,7,10,18H,3-6,8H2,(H,16,21)(H,19,20). The molecule has 2 amide bonds. The number of phenols is 1. The molecule has 1 heterocycles. The van der Waals surface area contributed by atoms with Crippen LogP contribution in [-0.4, -0.2) is 40.2 Å². The van der Waals surface area contributed by atoms with Gasteiger partial charge in [0.2, 0.25) is 0 Å². The van der Waals surface area contributed by atoms with Crippen LogP contribution in [0.2, 0.25) is 0 Å². The van der Waals surface area contributed by atoms with Gasteiger partial charge in [-0.05, 0) is 46.5 Å². The van der Waals surface area contributed by atoms with E-state index in [4.69, 9.17) is 5.11 Å². The molecule has 0 unspecified atom stereocenters. The van der Waals surface area contributed by atoms with Crippen LogP contribution in [0.25, 0.3) is 0 Å². The Morgan fingerprint density at radius 2 is 2.00 bits per heavy atom. The van der Waals surface area contributed by atoms with E-state index < -0.39 is 5.97 Å². The zero-order valence-corrected chi connectivity index (χ0v) is 13.0. The number of benzene rings is 1. The van der Waals surface area contributed by atoms with Gasteiger partial charge in [-0.2, -0.15) is 0 Å². The third kappa shape index (κ3) is 4.10. The van der Waals surface area contributed by atoms with Gasteiger partial charge >= 0.3 is 12.0 Å². The number of carbonyl (C=O) groups excluding carboxylic acids is 1. The summed E-state index contributed by atoms with van der Waals surface area (Å²) in [6.07, 6.45) is 0.987. The molecule has 2 rings (SSSR count). The molecule has 1 aliphatic heterocycles. The number of nitrogens with one attached hydrogen (secondary N) is 1. The van der Waals surface area contributed by atoms with Crippen LogP contribution >= 0.6 is 15.9 Å². The van der Waals surface area contributed by atoms with Gasteiger partial charge in [0.15, 0.2) is 0 Å². The van der Waals surface area contributed by atoms with Crippen molar-refractivity contribution in [2.75, 3.05) is 13.1 Å². The van der Waals surface area contributed by atoms with Crippen LogP contribution in [0.5, 0.6) is 5.75 Å². The largest absolute Gasteiger partial charge is 0.507 e. The number of rotatable bonds is 3. The predicted octanol–water partition coefficient (Wildman–Crippen LogP) is 2.16. The fourth-order valence-electron chi connectivity index (χ4n) is 2.28. The first-order chi connectivity index (χ1) is 9.97. The van der Waals surface area contributed by atoms with Crippen LogP contribution in [0, 0.1) is 5.92 Å². The van der Waals surface area contributed by atoms with Crippen molar-refractivity contribution in [3.8, 4) is 5.75 Å². The molecule has 114 valence electrons. The summed E-state index contributed by atoms with van der Waals surface area (Å²) >= 11 is 3.22. The van der Waals surface area contributed by atoms with E-state index in [0.29, 0.717) is 36.9 Å². The van der Waals surface area contributed by atoms with Gasteiger partial charge in [-0.15, -0.1) is 0 Å². The number of aromatic hydroxyl groups is 1. The van der Waals surface area contributed by atoms with Crippen LogP contribution in [0.3, 0.4) is 0 Å². The summed E-state index contributed by atoms with van der Waals surface area (Å²) in [6.45, 7) is 1.28. The highest BCUT2D eigenvalue weighted by molar-refractivity contribution is 9.10. The van der Waals surface area contributed by atoms with E-state index in [-0.39, 0.29) is 17.7 Å². The number of likely N-dealkylation sites (tertiary alicyclic amines) is 1. The summed E-state index contributed by atoms with van der Waals surface area (Å²) in [6, 6.07) is 4.84. The average molecular weight is 357 g/mol. The van der Waals surface area contributed by atoms with Crippen molar-refractivity contribution in [1.82, 2.24) is 10.2 Å². The molecule has 3 N–H and O–H groups in total. The number of halogens is 1. The van der Waals surface area contributed by atoms with Crippen molar-refractivity contribution in [2.24, 2.45) is 5.92 Å². The first kappa shape index (κ1) is 15.6. The molecule has 1 saturated heterocycles. The molecule has 1 aromatic rings. The van der Waals surface area contributed by atoms with E-state index in [1.807, 2.05) is 0 Å². The number of nitrogens with zero attached hydrogens (tertiary/aromatic N) is 1. The van der Waals surface area contributed by atoms with Crippen molar-refractivity contribution in [3.63, 3.8) is 0 Å². The van der Waals surface area contributed by atoms with E-state index in [9.17, 15) is 14.7 Å². The molecule has 1 fully saturated rings. The topological polar surface area (TPSA) is 89.9 Å². The summed E-state index contributed by atoms with van der Waals surface area (Å²) in [4.78, 5) is 24.5. The number of amides is 2. The smallest absolute Gasteiger partial charge is 0.317 e. The zero-order valence-electron chi connectivity index (χ0n) is 11.4. The number of piperidine rings is 1. The zero-order chi connectivity index (χ0) is 15.4. The van der Waals surface area contributed by atoms with Crippen molar-refractivity contribution in [3.05, 3.63) is 28.2 Å². The van der Waals surface area contributed by atoms with Gasteiger partial charge in [0, 0.05) is 19.6 Å². The van der Waals surface area contributed by atoms with Gasteiger partial charge in [0.05, 0.1) is 10.4 Å². The minimum absolute atomic E-state index is 0.154. The summed E-state index contributed by atoms with van der Waals surface area (Å²) in [7, 11) is 0. The van der Waals surface area contributed by atoms with E-state index in [0.717, 1.165) is 5.56 Å². The van der Waals surface area contributed by atoms with Crippen LogP contribution < -0.4 is 5.32 Å². The predicted molar refractivity (Wildman–Crippen MR) is 80.0 cm³/mol. The molecule has 6 nitrogen and oxygen atoms in total. The lowest BCUT2D eigenvalue weighted by Gasteiger charge is -2.30. The van der Waals surface area contributed by atoms with Gasteiger partial charge in [-0.3, -0.25) is 4.79 Å². The minimum Gasteiger partial charge on any atom is -0.507 e. The maximum Gasteiger partial charge on any atom is 0.317 e. The number of phenolic OH excluding ortho intramolecular Hbond substituents is 1. The molecule has 0 bridgehead atoms. The monoisotopic (exact) mass is 356 g/mol. The molecule has 1 aromatic carbocycles. The maximum atomic E-state index is 12.0. The Hall–Kier alpha value is -1.76. The fourth-order valence-corrected chi connectivity index (χ4v) is 2.71. The normalized spacial score (nSPS) is 15.8. The van der Waals surface area contributed by atoms with Gasteiger partial charge in [0.1, 0.15) is 5.75 Å². The molecule has 7 heteroatoms. The lowest BCUT2D eigenvalue weighted by Crippen LogP contribution is -2.45. The number of aliphatic carboxylic acids is 1. The summed E-state index contributed by atoms with van der Waals surface area (Å²) in [5, 5.41) is 21.1. The molecule has 0 spiro atoms. The number of carbonyl (C=O) groups is 2. The second-order valence-electron chi connectivity index (χ2n) is 5.04. The van der Waals surface area contributed by atoms with Gasteiger partial charge in [0.25, 0.3) is 0 Å². The molecule has 0 aliphatic carbocycles. The Kier molecular flexibility index (Phi) is 5.06. The number of hydrogen-bond donors (Lipinski definition) is 3. The van der Waals surface area contributed by atoms with E-state index in [1.54, 1.807) is 23.1 Å². The van der Waals surface area contributed by atoms with Crippen molar-refractivity contribution >= 4 is 27.9 Å². The Bertz CT molecular complexity index is 542. The highest BCUT2D eigenvalue weighted by Crippen LogP contribution is 2.24. The average Bonchev–Trinajstić information content (AvgIpc) is 2.48. The second kappa shape index (κ2) is 6.80. The molecule has 21 heavy (non-hydrogen) atoms. The van der Waals surface area contributed by atoms with Crippen molar-refractivity contribution < 1.29 is 19.8 Å². The quantitative estimate of drug-likeness (QED) is 0.773. The molecular weight excluding hydrogens is 340 g/mol. The summed E-state index contributed by atoms with van der Waals surface area (Å²) in [5.74, 6) is -0.980.